The number of allylic oxidation sites excluding steroid dienone is 5. The van der Waals surface area contributed by atoms with Gasteiger partial charge in [0.2, 0.25) is 0 Å². The first-order valence-corrected chi connectivity index (χ1v) is 12.5. The largest absolute Gasteiger partial charge is 0.593 e. The summed E-state index contributed by atoms with van der Waals surface area (Å²) < 4.78 is 16.7. The summed E-state index contributed by atoms with van der Waals surface area (Å²) in [6, 6.07) is -1.13. The molecule has 34 heavy (non-hydrogen) atoms. The maximum Gasteiger partial charge on any atom is 0.267 e. The molecule has 0 aromatic heterocycles. The minimum atomic E-state index is -1.67. The fourth-order valence-electron chi connectivity index (χ4n) is 4.03. The molecule has 0 aromatic carbocycles. The fraction of sp³-hybridized carbons (Fsp3) is 0.500. The topological polar surface area (TPSA) is 161 Å². The molecule has 0 bridgehead atoms. The number of carbonyl (C=O) groups is 1. The molecule has 188 valence electrons. The summed E-state index contributed by atoms with van der Waals surface area (Å²) in [4.78, 5) is 12.9. The third kappa shape index (κ3) is 7.07. The molecular weight excluding hydrogens is 456 g/mol. The van der Waals surface area contributed by atoms with Crippen LogP contribution in [0, 0.1) is 5.41 Å². The molecule has 0 saturated heterocycles. The Hall–Kier alpha value is -2.37. The summed E-state index contributed by atoms with van der Waals surface area (Å²) in [5, 5.41) is 42.7. The lowest BCUT2D eigenvalue weighted by Gasteiger charge is -2.27. The summed E-state index contributed by atoms with van der Waals surface area (Å²) in [6.07, 6.45) is 8.61. The van der Waals surface area contributed by atoms with Gasteiger partial charge in [0, 0.05) is 22.9 Å². The molecule has 9 nitrogen and oxygen atoms in total. The molecule has 0 radical (unpaired) electrons. The quantitative estimate of drug-likeness (QED) is 0.100. The lowest BCUT2D eigenvalue weighted by molar-refractivity contribution is -0.118. The first kappa shape index (κ1) is 27.9. The van der Waals surface area contributed by atoms with E-state index in [1.165, 1.54) is 13.0 Å². The third-order valence-electron chi connectivity index (χ3n) is 5.80. The van der Waals surface area contributed by atoms with Crippen molar-refractivity contribution in [1.29, 1.82) is 5.41 Å². The molecule has 1 amide bonds. The molecule has 0 aromatic rings. The highest BCUT2D eigenvalue weighted by atomic mass is 32.2. The highest BCUT2D eigenvalue weighted by Gasteiger charge is 2.31. The highest BCUT2D eigenvalue weighted by Crippen LogP contribution is 2.28. The molecule has 2 unspecified atom stereocenters. The van der Waals surface area contributed by atoms with Gasteiger partial charge in [-0.3, -0.25) is 4.79 Å². The Labute approximate surface area is 204 Å². The van der Waals surface area contributed by atoms with Gasteiger partial charge in [-0.25, -0.2) is 0 Å². The van der Waals surface area contributed by atoms with Crippen LogP contribution < -0.4 is 15.4 Å². The van der Waals surface area contributed by atoms with Crippen LogP contribution in [0.4, 0.5) is 0 Å². The van der Waals surface area contributed by atoms with Crippen molar-refractivity contribution in [1.82, 2.24) is 15.4 Å². The van der Waals surface area contributed by atoms with Crippen molar-refractivity contribution >= 4 is 23.0 Å². The monoisotopic (exact) mass is 492 g/mol. The van der Waals surface area contributed by atoms with Crippen molar-refractivity contribution in [3.05, 3.63) is 57.9 Å². The summed E-state index contributed by atoms with van der Waals surface area (Å²) >= 11 is -1.67. The van der Waals surface area contributed by atoms with Crippen LogP contribution in [-0.4, -0.2) is 62.8 Å². The molecule has 1 fully saturated rings. The molecule has 1 aliphatic heterocycles. The normalized spacial score (nSPS) is 22.7. The van der Waals surface area contributed by atoms with Gasteiger partial charge in [-0.2, -0.15) is 0 Å². The predicted octanol–water partition coefficient (Wildman–Crippen LogP) is 1.77. The number of amides is 1. The van der Waals surface area contributed by atoms with Crippen molar-refractivity contribution in [3.63, 3.8) is 0 Å². The number of nitrogens with one attached hydrogen (secondary N) is 4. The zero-order chi connectivity index (χ0) is 25.4. The SMILES string of the molecule is C=CC(=C\C(=C1\C=C(NC(CO)CO)C(=O)NC1C)[S+]([O-])NC1CCCC1)/C(C(C)=N)=C(\C)O. The van der Waals surface area contributed by atoms with E-state index in [2.05, 4.69) is 21.9 Å². The zero-order valence-corrected chi connectivity index (χ0v) is 20.8. The first-order chi connectivity index (χ1) is 16.1. The molecule has 2 aliphatic rings. The van der Waals surface area contributed by atoms with Crippen LogP contribution in [-0.2, 0) is 16.2 Å². The average molecular weight is 493 g/mol. The number of hydrogen-bond acceptors (Lipinski definition) is 8. The summed E-state index contributed by atoms with van der Waals surface area (Å²) in [6.45, 7) is 7.84. The Morgan fingerprint density at radius 3 is 2.47 bits per heavy atom. The van der Waals surface area contributed by atoms with Crippen LogP contribution in [0.5, 0.6) is 0 Å². The van der Waals surface area contributed by atoms with E-state index in [1.54, 1.807) is 26.0 Å². The first-order valence-electron chi connectivity index (χ1n) is 11.4. The van der Waals surface area contributed by atoms with Gasteiger partial charge < -0.3 is 35.9 Å². The average Bonchev–Trinajstić information content (AvgIpc) is 3.28. The van der Waals surface area contributed by atoms with E-state index in [9.17, 15) is 24.7 Å². The van der Waals surface area contributed by atoms with E-state index in [1.807, 2.05) is 0 Å². The molecular formula is C24H36N4O5S. The summed E-state index contributed by atoms with van der Waals surface area (Å²) in [7, 11) is 0. The summed E-state index contributed by atoms with van der Waals surface area (Å²) in [5.74, 6) is -0.471. The number of rotatable bonds is 11. The number of aliphatic hydroxyl groups excluding tert-OH is 3. The second kappa shape index (κ2) is 12.9. The molecule has 7 N–H and O–H groups in total. The van der Waals surface area contributed by atoms with Gasteiger partial charge in [-0.05, 0) is 45.3 Å². The maximum atomic E-state index is 13.6. The minimum absolute atomic E-state index is 0.0610. The van der Waals surface area contributed by atoms with Crippen molar-refractivity contribution in [2.75, 3.05) is 13.2 Å². The Bertz CT molecular complexity index is 910. The van der Waals surface area contributed by atoms with E-state index in [0.717, 1.165) is 25.7 Å². The van der Waals surface area contributed by atoms with Crippen molar-refractivity contribution < 1.29 is 24.7 Å². The Morgan fingerprint density at radius 1 is 1.35 bits per heavy atom. The van der Waals surface area contributed by atoms with Crippen LogP contribution in [0.15, 0.2) is 57.9 Å². The number of aliphatic hydroxyl groups is 3. The number of hydrogen-bond donors (Lipinski definition) is 7. The molecule has 2 atom stereocenters. The number of carbonyl (C=O) groups excluding carboxylic acids is 1. The van der Waals surface area contributed by atoms with Crippen LogP contribution in [0.2, 0.25) is 0 Å². The third-order valence-corrected chi connectivity index (χ3v) is 7.10. The standard InChI is InChI=1S/C24H36N4O5S/c1-5-17(23(14(2)25)16(4)31)10-22(34(33)28-18-8-6-7-9-18)20-11-21(24(32)26-15(20)3)27-19(12-29)13-30/h5,10-11,15,18-19,25,27-31H,1,6-9,12-13H2,2-4H3,(H,26,32)/b17-10+,22-20+,23-16+,25-14?. The zero-order valence-electron chi connectivity index (χ0n) is 20.0. The van der Waals surface area contributed by atoms with E-state index in [-0.39, 0.29) is 42.0 Å². The van der Waals surface area contributed by atoms with Crippen molar-refractivity contribution in [2.45, 2.75) is 64.6 Å². The van der Waals surface area contributed by atoms with Gasteiger partial charge >= 0.3 is 0 Å². The lowest BCUT2D eigenvalue weighted by Crippen LogP contribution is -2.47. The highest BCUT2D eigenvalue weighted by molar-refractivity contribution is 7.93. The van der Waals surface area contributed by atoms with E-state index < -0.39 is 29.4 Å². The van der Waals surface area contributed by atoms with Crippen LogP contribution in [0.1, 0.15) is 46.5 Å². The van der Waals surface area contributed by atoms with Crippen molar-refractivity contribution in [2.24, 2.45) is 0 Å². The fourth-order valence-corrected chi connectivity index (χ4v) is 5.38. The van der Waals surface area contributed by atoms with Gasteiger partial charge in [0.05, 0.1) is 48.5 Å². The van der Waals surface area contributed by atoms with Gasteiger partial charge in [0.1, 0.15) is 5.70 Å². The van der Waals surface area contributed by atoms with Crippen LogP contribution in [0.25, 0.3) is 0 Å². The van der Waals surface area contributed by atoms with Crippen molar-refractivity contribution in [3.8, 4) is 0 Å². The molecule has 1 aliphatic carbocycles. The lowest BCUT2D eigenvalue weighted by atomic mass is 9.97. The molecule has 1 heterocycles. The van der Waals surface area contributed by atoms with Gasteiger partial charge in [0.15, 0.2) is 4.91 Å². The van der Waals surface area contributed by atoms with Crippen LogP contribution in [0.3, 0.4) is 0 Å². The van der Waals surface area contributed by atoms with Crippen LogP contribution >= 0.6 is 0 Å². The van der Waals surface area contributed by atoms with E-state index in [4.69, 9.17) is 5.41 Å². The van der Waals surface area contributed by atoms with Gasteiger partial charge in [-0.15, -0.1) is 4.72 Å². The smallest absolute Gasteiger partial charge is 0.267 e. The molecule has 1 saturated carbocycles. The van der Waals surface area contributed by atoms with Gasteiger partial charge in [-0.1, -0.05) is 25.5 Å². The second-order valence-corrected chi connectivity index (χ2v) is 9.75. The predicted molar refractivity (Wildman–Crippen MR) is 134 cm³/mol. The maximum absolute atomic E-state index is 13.6. The Morgan fingerprint density at radius 2 is 1.97 bits per heavy atom. The minimum Gasteiger partial charge on any atom is -0.593 e. The Balaban J connectivity index is 2.67. The van der Waals surface area contributed by atoms with Gasteiger partial charge in [0.25, 0.3) is 5.91 Å². The molecule has 2 rings (SSSR count). The molecule has 10 heteroatoms. The van der Waals surface area contributed by atoms with E-state index in [0.29, 0.717) is 16.1 Å². The summed E-state index contributed by atoms with van der Waals surface area (Å²) in [5.41, 5.74) is 1.51. The Kier molecular flexibility index (Phi) is 10.6. The van der Waals surface area contributed by atoms with E-state index >= 15 is 0 Å². The molecule has 0 spiro atoms. The second-order valence-electron chi connectivity index (χ2n) is 8.54.